The molecule has 0 unspecified atom stereocenters. The minimum absolute atomic E-state index is 0.0261. The molecule has 8 nitrogen and oxygen atoms in total. The van der Waals surface area contributed by atoms with Crippen LogP contribution in [-0.2, 0) is 35.2 Å². The van der Waals surface area contributed by atoms with E-state index in [9.17, 15) is 18.0 Å². The number of rotatable bonds is 10. The largest absolute Gasteiger partial charge is 0.459 e. The molecule has 1 aromatic carbocycles. The van der Waals surface area contributed by atoms with Crippen LogP contribution in [0.3, 0.4) is 0 Å². The maximum absolute atomic E-state index is 12.4. The van der Waals surface area contributed by atoms with Gasteiger partial charge < -0.3 is 14.8 Å². The number of ether oxygens (including phenoxy) is 2. The van der Waals surface area contributed by atoms with E-state index in [4.69, 9.17) is 9.47 Å². The molecule has 0 aliphatic carbocycles. The van der Waals surface area contributed by atoms with Crippen molar-refractivity contribution in [3.05, 3.63) is 35.9 Å². The lowest BCUT2D eigenvalue weighted by Gasteiger charge is -2.23. The molecule has 1 aromatic rings. The van der Waals surface area contributed by atoms with Gasteiger partial charge in [0.25, 0.3) is 10.1 Å². The maximum atomic E-state index is 12.4. The van der Waals surface area contributed by atoms with Crippen molar-refractivity contribution in [3.63, 3.8) is 0 Å². The molecule has 0 fully saturated rings. The van der Waals surface area contributed by atoms with Gasteiger partial charge in [-0.25, -0.2) is 9.59 Å². The lowest BCUT2D eigenvalue weighted by Crippen LogP contribution is -2.45. The SMILES string of the molecule is CC(C)(C)OC(=O)N[C@@H](CSCCOS(C)(=O)=O)C(=O)OCc1ccccc1. The van der Waals surface area contributed by atoms with Crippen LogP contribution in [0.15, 0.2) is 30.3 Å². The van der Waals surface area contributed by atoms with Crippen LogP contribution in [0.2, 0.25) is 0 Å². The molecule has 0 spiro atoms. The molecule has 0 aliphatic rings. The second kappa shape index (κ2) is 11.3. The minimum atomic E-state index is -3.51. The Balaban J connectivity index is 2.59. The Bertz CT molecular complexity index is 730. The average Bonchev–Trinajstić information content (AvgIpc) is 2.56. The van der Waals surface area contributed by atoms with Gasteiger partial charge in [-0.1, -0.05) is 30.3 Å². The number of nitrogens with one attached hydrogen (secondary N) is 1. The number of amides is 1. The van der Waals surface area contributed by atoms with Crippen LogP contribution in [-0.4, -0.2) is 56.5 Å². The van der Waals surface area contributed by atoms with E-state index in [0.717, 1.165) is 11.8 Å². The fourth-order valence-electron chi connectivity index (χ4n) is 1.89. The average molecular weight is 434 g/mol. The Morgan fingerprint density at radius 2 is 1.82 bits per heavy atom. The van der Waals surface area contributed by atoms with Crippen molar-refractivity contribution in [2.24, 2.45) is 0 Å². The zero-order valence-corrected chi connectivity index (χ0v) is 18.1. The highest BCUT2D eigenvalue weighted by atomic mass is 32.2. The molecule has 0 aromatic heterocycles. The van der Waals surface area contributed by atoms with E-state index in [-0.39, 0.29) is 19.0 Å². The van der Waals surface area contributed by atoms with Crippen molar-refractivity contribution in [1.82, 2.24) is 5.32 Å². The summed E-state index contributed by atoms with van der Waals surface area (Å²) in [7, 11) is -3.51. The fraction of sp³-hybridized carbons (Fsp3) is 0.556. The lowest BCUT2D eigenvalue weighted by atomic mass is 10.2. The summed E-state index contributed by atoms with van der Waals surface area (Å²) in [5.74, 6) is -0.0999. The molecule has 0 heterocycles. The highest BCUT2D eigenvalue weighted by Gasteiger charge is 2.25. The molecule has 0 aliphatic heterocycles. The van der Waals surface area contributed by atoms with E-state index in [1.54, 1.807) is 20.8 Å². The van der Waals surface area contributed by atoms with Gasteiger partial charge in [0.1, 0.15) is 18.2 Å². The number of alkyl carbamates (subject to hydrolysis) is 1. The van der Waals surface area contributed by atoms with Crippen LogP contribution in [0.5, 0.6) is 0 Å². The van der Waals surface area contributed by atoms with Gasteiger partial charge in [0.15, 0.2) is 0 Å². The fourth-order valence-corrected chi connectivity index (χ4v) is 3.21. The van der Waals surface area contributed by atoms with Gasteiger partial charge in [-0.05, 0) is 26.3 Å². The van der Waals surface area contributed by atoms with Gasteiger partial charge in [-0.15, -0.1) is 0 Å². The quantitative estimate of drug-likeness (QED) is 0.340. The number of benzene rings is 1. The summed E-state index contributed by atoms with van der Waals surface area (Å²) < 4.78 is 37.0. The normalized spacial score (nSPS) is 12.9. The van der Waals surface area contributed by atoms with E-state index in [0.29, 0.717) is 5.75 Å². The van der Waals surface area contributed by atoms with Crippen molar-refractivity contribution in [2.45, 2.75) is 39.0 Å². The number of hydrogen-bond donors (Lipinski definition) is 1. The first-order valence-corrected chi connectivity index (χ1v) is 11.6. The van der Waals surface area contributed by atoms with E-state index in [1.165, 1.54) is 11.8 Å². The van der Waals surface area contributed by atoms with E-state index in [2.05, 4.69) is 9.50 Å². The number of carbonyl (C=O) groups is 2. The molecule has 0 saturated heterocycles. The third-order valence-electron chi connectivity index (χ3n) is 3.01. The molecule has 1 N–H and O–H groups in total. The van der Waals surface area contributed by atoms with E-state index < -0.39 is 33.8 Å². The molecular formula is C18H27NO7S2. The van der Waals surface area contributed by atoms with Gasteiger partial charge in [-0.3, -0.25) is 4.18 Å². The summed E-state index contributed by atoms with van der Waals surface area (Å²) in [5.41, 5.74) is 0.111. The smallest absolute Gasteiger partial charge is 0.408 e. The number of thioether (sulfide) groups is 1. The molecular weight excluding hydrogens is 406 g/mol. The van der Waals surface area contributed by atoms with Gasteiger partial charge in [0, 0.05) is 11.5 Å². The molecule has 1 amide bonds. The Morgan fingerprint density at radius 3 is 2.39 bits per heavy atom. The van der Waals surface area contributed by atoms with Crippen molar-refractivity contribution in [3.8, 4) is 0 Å². The van der Waals surface area contributed by atoms with Crippen LogP contribution in [0.4, 0.5) is 4.79 Å². The standard InChI is InChI=1S/C18H27NO7S2/c1-18(2,3)26-17(21)19-15(13-27-11-10-25-28(4,22)23)16(20)24-12-14-8-6-5-7-9-14/h5-9,15H,10-13H2,1-4H3,(H,19,21)/t15-/m0/s1. The maximum Gasteiger partial charge on any atom is 0.408 e. The van der Waals surface area contributed by atoms with Crippen LogP contribution < -0.4 is 5.32 Å². The number of esters is 1. The Labute approximate surface area is 170 Å². The molecule has 0 saturated carbocycles. The van der Waals surface area contributed by atoms with Crippen LogP contribution >= 0.6 is 11.8 Å². The molecule has 1 rings (SSSR count). The third-order valence-corrected chi connectivity index (χ3v) is 4.63. The number of carbonyl (C=O) groups excluding carboxylic acids is 2. The first-order chi connectivity index (χ1) is 13.0. The lowest BCUT2D eigenvalue weighted by molar-refractivity contribution is -0.146. The van der Waals surface area contributed by atoms with Crippen LogP contribution in [0.25, 0.3) is 0 Å². The van der Waals surface area contributed by atoms with Crippen molar-refractivity contribution in [2.75, 3.05) is 24.4 Å². The van der Waals surface area contributed by atoms with E-state index in [1.807, 2.05) is 30.3 Å². The third kappa shape index (κ3) is 11.8. The van der Waals surface area contributed by atoms with Gasteiger partial charge in [0.2, 0.25) is 0 Å². The van der Waals surface area contributed by atoms with Gasteiger partial charge in [-0.2, -0.15) is 20.2 Å². The van der Waals surface area contributed by atoms with Crippen molar-refractivity contribution >= 4 is 33.9 Å². The van der Waals surface area contributed by atoms with Gasteiger partial charge in [0.05, 0.1) is 12.9 Å². The zero-order chi connectivity index (χ0) is 21.2. The monoisotopic (exact) mass is 433 g/mol. The van der Waals surface area contributed by atoms with E-state index >= 15 is 0 Å². The summed E-state index contributed by atoms with van der Waals surface area (Å²) in [6.45, 7) is 5.20. The second-order valence-corrected chi connectivity index (χ2v) is 9.69. The summed E-state index contributed by atoms with van der Waals surface area (Å²) in [6.07, 6.45) is 0.230. The van der Waals surface area contributed by atoms with Crippen LogP contribution in [0, 0.1) is 0 Å². The molecule has 0 radical (unpaired) electrons. The Morgan fingerprint density at radius 1 is 1.18 bits per heavy atom. The first kappa shape index (κ1) is 24.3. The predicted octanol–water partition coefficient (Wildman–Crippen LogP) is 2.33. The molecule has 158 valence electrons. The highest BCUT2D eigenvalue weighted by Crippen LogP contribution is 2.10. The number of hydrogen-bond acceptors (Lipinski definition) is 8. The first-order valence-electron chi connectivity index (χ1n) is 8.58. The minimum Gasteiger partial charge on any atom is -0.459 e. The Hall–Kier alpha value is -1.78. The van der Waals surface area contributed by atoms with Crippen molar-refractivity contribution < 1.29 is 31.7 Å². The van der Waals surface area contributed by atoms with Crippen molar-refractivity contribution in [1.29, 1.82) is 0 Å². The summed E-state index contributed by atoms with van der Waals surface area (Å²) >= 11 is 1.25. The second-order valence-electron chi connectivity index (χ2n) is 6.89. The molecule has 0 bridgehead atoms. The summed E-state index contributed by atoms with van der Waals surface area (Å²) in [6, 6.07) is 8.21. The highest BCUT2D eigenvalue weighted by molar-refractivity contribution is 7.99. The molecule has 10 heteroatoms. The Kier molecular flexibility index (Phi) is 9.77. The summed E-state index contributed by atoms with van der Waals surface area (Å²) in [5, 5.41) is 2.50. The summed E-state index contributed by atoms with van der Waals surface area (Å²) in [4.78, 5) is 24.4. The van der Waals surface area contributed by atoms with Crippen LogP contribution in [0.1, 0.15) is 26.3 Å². The van der Waals surface area contributed by atoms with Gasteiger partial charge >= 0.3 is 12.1 Å². The zero-order valence-electron chi connectivity index (χ0n) is 16.5. The molecule has 28 heavy (non-hydrogen) atoms. The predicted molar refractivity (Wildman–Crippen MR) is 108 cm³/mol. The molecule has 1 atom stereocenters. The topological polar surface area (TPSA) is 108 Å².